The first kappa shape index (κ1) is 19.4. The van der Waals surface area contributed by atoms with Gasteiger partial charge in [-0.15, -0.1) is 0 Å². The van der Waals surface area contributed by atoms with Crippen molar-refractivity contribution >= 4 is 18.2 Å². The van der Waals surface area contributed by atoms with Crippen LogP contribution in [0.3, 0.4) is 0 Å². The summed E-state index contributed by atoms with van der Waals surface area (Å²) in [5.74, 6) is -0.219. The van der Waals surface area contributed by atoms with E-state index in [1.54, 1.807) is 6.20 Å². The molecule has 0 spiro atoms. The van der Waals surface area contributed by atoms with Gasteiger partial charge in [-0.3, -0.25) is 19.6 Å². The van der Waals surface area contributed by atoms with Crippen molar-refractivity contribution in [1.29, 1.82) is 0 Å². The quantitative estimate of drug-likeness (QED) is 0.404. The lowest BCUT2D eigenvalue weighted by molar-refractivity contribution is -0.171. The van der Waals surface area contributed by atoms with Crippen molar-refractivity contribution < 1.29 is 24.3 Å². The van der Waals surface area contributed by atoms with Crippen LogP contribution >= 0.6 is 0 Å². The number of rotatable bonds is 8. The summed E-state index contributed by atoms with van der Waals surface area (Å²) in [6, 6.07) is -0.581. The third kappa shape index (κ3) is 5.27. The molecule has 1 atom stereocenters. The molecule has 1 aliphatic carbocycles. The van der Waals surface area contributed by atoms with Gasteiger partial charge < -0.3 is 4.74 Å². The Morgan fingerprint density at radius 1 is 1.36 bits per heavy atom. The van der Waals surface area contributed by atoms with Crippen LogP contribution in [-0.4, -0.2) is 64.8 Å². The van der Waals surface area contributed by atoms with Gasteiger partial charge in [-0.25, -0.2) is 15.1 Å². The van der Waals surface area contributed by atoms with Crippen LogP contribution in [-0.2, 0) is 19.1 Å². The first-order chi connectivity index (χ1) is 12.1. The minimum Gasteiger partial charge on any atom is -0.375 e. The summed E-state index contributed by atoms with van der Waals surface area (Å²) in [6.45, 7) is 0.290. The molecule has 1 N–H and O–H groups in total. The van der Waals surface area contributed by atoms with Gasteiger partial charge in [-0.1, -0.05) is 31.8 Å². The van der Waals surface area contributed by atoms with Gasteiger partial charge in [0, 0.05) is 19.9 Å². The van der Waals surface area contributed by atoms with Crippen LogP contribution < -0.4 is 0 Å². The second kappa shape index (κ2) is 9.53. The molecule has 1 saturated carbocycles. The first-order valence-electron chi connectivity index (χ1n) is 8.77. The number of ether oxygens (including phenoxy) is 1. The Morgan fingerprint density at radius 3 is 2.72 bits per heavy atom. The molecule has 8 heteroatoms. The molecule has 2 aliphatic rings. The highest BCUT2D eigenvalue weighted by atomic mass is 16.5. The topological polar surface area (TPSA) is 90.4 Å². The molecule has 1 fully saturated rings. The summed E-state index contributed by atoms with van der Waals surface area (Å²) in [4.78, 5) is 35.8. The lowest BCUT2D eigenvalue weighted by Gasteiger charge is -2.36. The van der Waals surface area contributed by atoms with Crippen molar-refractivity contribution in [2.75, 3.05) is 20.3 Å². The van der Waals surface area contributed by atoms with E-state index in [1.165, 1.54) is 17.1 Å². The Kier molecular flexibility index (Phi) is 7.39. The van der Waals surface area contributed by atoms with Crippen molar-refractivity contribution in [2.45, 2.75) is 51.0 Å². The monoisotopic (exact) mass is 353 g/mol. The third-order valence-corrected chi connectivity index (χ3v) is 4.80. The zero-order valence-electron chi connectivity index (χ0n) is 14.7. The van der Waals surface area contributed by atoms with E-state index in [-0.39, 0.29) is 24.8 Å². The molecular weight excluding hydrogens is 326 g/mol. The minimum atomic E-state index is -0.581. The van der Waals surface area contributed by atoms with E-state index < -0.39 is 6.04 Å². The molecular formula is C17H27N3O5. The Labute approximate surface area is 147 Å². The van der Waals surface area contributed by atoms with Crippen molar-refractivity contribution in [3.05, 3.63) is 12.3 Å². The molecule has 1 aliphatic heterocycles. The SMILES string of the molecule is COCC(=O)N1CCC=CN1C(=O)CC(CC1CCCC1)N(O)C=O. The molecule has 1 heterocycles. The molecule has 8 nitrogen and oxygen atoms in total. The number of hydrogen-bond acceptors (Lipinski definition) is 5. The zero-order valence-corrected chi connectivity index (χ0v) is 14.7. The van der Waals surface area contributed by atoms with E-state index in [0.29, 0.717) is 36.8 Å². The number of hydroxylamine groups is 2. The second-order valence-electron chi connectivity index (χ2n) is 6.59. The minimum absolute atomic E-state index is 0.0349. The van der Waals surface area contributed by atoms with Crippen molar-refractivity contribution in [1.82, 2.24) is 15.1 Å². The predicted octanol–water partition coefficient (Wildman–Crippen LogP) is 1.31. The maximum Gasteiger partial charge on any atom is 0.267 e. The van der Waals surface area contributed by atoms with Gasteiger partial charge >= 0.3 is 0 Å². The Balaban J connectivity index is 2.03. The Morgan fingerprint density at radius 2 is 2.08 bits per heavy atom. The molecule has 1 unspecified atom stereocenters. The second-order valence-corrected chi connectivity index (χ2v) is 6.59. The number of methoxy groups -OCH3 is 1. The fraction of sp³-hybridized carbons (Fsp3) is 0.706. The highest BCUT2D eigenvalue weighted by Crippen LogP contribution is 2.30. The number of hydrazine groups is 1. The Bertz CT molecular complexity index is 505. The van der Waals surface area contributed by atoms with Crippen molar-refractivity contribution in [2.24, 2.45) is 5.92 Å². The lowest BCUT2D eigenvalue weighted by Crippen LogP contribution is -2.51. The fourth-order valence-electron chi connectivity index (χ4n) is 3.52. The molecule has 3 amide bonds. The largest absolute Gasteiger partial charge is 0.375 e. The average molecular weight is 353 g/mol. The highest BCUT2D eigenvalue weighted by Gasteiger charge is 2.31. The average Bonchev–Trinajstić information content (AvgIpc) is 3.13. The molecule has 0 aromatic carbocycles. The van der Waals surface area contributed by atoms with E-state index in [2.05, 4.69) is 0 Å². The number of carbonyl (C=O) groups is 3. The third-order valence-electron chi connectivity index (χ3n) is 4.80. The maximum absolute atomic E-state index is 12.7. The molecule has 2 rings (SSSR count). The normalized spacial score (nSPS) is 19.1. The summed E-state index contributed by atoms with van der Waals surface area (Å²) in [5, 5.41) is 13.1. The number of carbonyl (C=O) groups excluding carboxylic acids is 3. The van der Waals surface area contributed by atoms with Crippen LogP contribution in [0.25, 0.3) is 0 Å². The molecule has 0 radical (unpaired) electrons. The van der Waals surface area contributed by atoms with Crippen LogP contribution in [0.15, 0.2) is 12.3 Å². The van der Waals surface area contributed by atoms with Crippen molar-refractivity contribution in [3.8, 4) is 0 Å². The van der Waals surface area contributed by atoms with Crippen LogP contribution in [0.4, 0.5) is 0 Å². The van der Waals surface area contributed by atoms with Crippen LogP contribution in [0.5, 0.6) is 0 Å². The molecule has 0 aromatic rings. The van der Waals surface area contributed by atoms with Crippen LogP contribution in [0.1, 0.15) is 44.9 Å². The summed E-state index contributed by atoms with van der Waals surface area (Å²) in [7, 11) is 1.43. The van der Waals surface area contributed by atoms with Gasteiger partial charge in [0.05, 0.1) is 12.5 Å². The summed E-state index contributed by atoms with van der Waals surface area (Å²) >= 11 is 0. The highest BCUT2D eigenvalue weighted by molar-refractivity contribution is 5.84. The van der Waals surface area contributed by atoms with E-state index in [4.69, 9.17) is 4.74 Å². The standard InChI is InChI=1S/C17H27N3O5/c1-25-12-17(23)19-9-5-4-8-18(19)16(22)11-15(20(24)13-21)10-14-6-2-3-7-14/h4,8,13-15,24H,2-3,5-7,9-12H2,1H3. The van der Waals surface area contributed by atoms with Gasteiger partial charge in [0.25, 0.3) is 5.91 Å². The molecule has 0 bridgehead atoms. The summed E-state index contributed by atoms with van der Waals surface area (Å²) in [5.41, 5.74) is 0. The summed E-state index contributed by atoms with van der Waals surface area (Å²) in [6.07, 6.45) is 9.33. The van der Waals surface area contributed by atoms with Crippen LogP contribution in [0.2, 0.25) is 0 Å². The zero-order chi connectivity index (χ0) is 18.2. The lowest BCUT2D eigenvalue weighted by atomic mass is 9.96. The fourth-order valence-corrected chi connectivity index (χ4v) is 3.52. The predicted molar refractivity (Wildman–Crippen MR) is 88.9 cm³/mol. The Hall–Kier alpha value is -1.93. The smallest absolute Gasteiger partial charge is 0.267 e. The van der Waals surface area contributed by atoms with E-state index in [0.717, 1.165) is 25.7 Å². The summed E-state index contributed by atoms with van der Waals surface area (Å²) < 4.78 is 4.86. The maximum atomic E-state index is 12.7. The van der Waals surface area contributed by atoms with E-state index in [1.807, 2.05) is 6.08 Å². The first-order valence-corrected chi connectivity index (χ1v) is 8.77. The van der Waals surface area contributed by atoms with Gasteiger partial charge in [-0.2, -0.15) is 0 Å². The van der Waals surface area contributed by atoms with Gasteiger partial charge in [0.2, 0.25) is 12.3 Å². The van der Waals surface area contributed by atoms with Crippen LogP contribution in [0, 0.1) is 5.92 Å². The molecule has 0 saturated heterocycles. The number of amides is 3. The number of hydrogen-bond donors (Lipinski definition) is 1. The van der Waals surface area contributed by atoms with E-state index in [9.17, 15) is 19.6 Å². The molecule has 0 aromatic heterocycles. The van der Waals surface area contributed by atoms with E-state index >= 15 is 0 Å². The van der Waals surface area contributed by atoms with Crippen molar-refractivity contribution in [3.63, 3.8) is 0 Å². The number of nitrogens with zero attached hydrogens (tertiary/aromatic N) is 3. The van der Waals surface area contributed by atoms with Gasteiger partial charge in [0.15, 0.2) is 0 Å². The molecule has 25 heavy (non-hydrogen) atoms. The molecule has 140 valence electrons. The van der Waals surface area contributed by atoms with Gasteiger partial charge in [-0.05, 0) is 18.8 Å². The van der Waals surface area contributed by atoms with Gasteiger partial charge in [0.1, 0.15) is 6.61 Å².